The summed E-state index contributed by atoms with van der Waals surface area (Å²) in [6.07, 6.45) is -4.65. The highest BCUT2D eigenvalue weighted by Gasteiger charge is 2.35. The number of halogens is 3. The molecule has 0 aromatic carbocycles. The Hall–Kier alpha value is -2.32. The van der Waals surface area contributed by atoms with Crippen LogP contribution in [-0.2, 0) is 13.2 Å². The molecule has 0 aliphatic carbocycles. The smallest absolute Gasteiger partial charge is 0.421 e. The fraction of sp³-hybridized carbons (Fsp3) is 0.364. The van der Waals surface area contributed by atoms with E-state index in [1.807, 2.05) is 0 Å². The molecule has 0 saturated heterocycles. The van der Waals surface area contributed by atoms with Crippen LogP contribution in [0.15, 0.2) is 12.1 Å². The second-order valence-electron chi connectivity index (χ2n) is 4.01. The Balaban J connectivity index is 2.38. The molecule has 0 bridgehead atoms. The molecule has 2 heterocycles. The van der Waals surface area contributed by atoms with E-state index in [0.717, 1.165) is 0 Å². The van der Waals surface area contributed by atoms with Gasteiger partial charge in [0.25, 0.3) is 0 Å². The summed E-state index contributed by atoms with van der Waals surface area (Å²) in [5.74, 6) is -1.17. The Bertz CT molecular complexity index is 623. The van der Waals surface area contributed by atoms with E-state index in [9.17, 15) is 13.2 Å². The van der Waals surface area contributed by atoms with Crippen molar-refractivity contribution < 1.29 is 17.9 Å². The van der Waals surface area contributed by atoms with Gasteiger partial charge in [0.1, 0.15) is 5.82 Å². The summed E-state index contributed by atoms with van der Waals surface area (Å²) in [5.41, 5.74) is 0.682. The number of hydrogen-bond donors (Lipinski definition) is 1. The lowest BCUT2D eigenvalue weighted by Crippen LogP contribution is -2.13. The van der Waals surface area contributed by atoms with Crippen LogP contribution < -0.4 is 10.1 Å². The molecule has 1 N–H and O–H groups in total. The zero-order valence-corrected chi connectivity index (χ0v) is 11.0. The molecule has 0 unspecified atom stereocenters. The molecule has 9 heteroatoms. The van der Waals surface area contributed by atoms with E-state index in [-0.39, 0.29) is 17.6 Å². The van der Waals surface area contributed by atoms with Crippen molar-refractivity contribution in [1.82, 2.24) is 19.7 Å². The Labute approximate surface area is 112 Å². The van der Waals surface area contributed by atoms with Gasteiger partial charge in [-0.1, -0.05) is 0 Å². The van der Waals surface area contributed by atoms with Crippen molar-refractivity contribution in [2.24, 2.45) is 7.05 Å². The summed E-state index contributed by atoms with van der Waals surface area (Å²) >= 11 is 0. The van der Waals surface area contributed by atoms with Gasteiger partial charge >= 0.3 is 6.18 Å². The average molecular weight is 287 g/mol. The van der Waals surface area contributed by atoms with Crippen molar-refractivity contribution in [2.75, 3.05) is 12.4 Å². The van der Waals surface area contributed by atoms with Crippen LogP contribution in [0.1, 0.15) is 11.5 Å². The number of hydrogen-bond acceptors (Lipinski definition) is 5. The fourth-order valence-electron chi connectivity index (χ4n) is 1.52. The normalized spacial score (nSPS) is 11.5. The zero-order chi connectivity index (χ0) is 14.9. The molecule has 0 aliphatic rings. The van der Waals surface area contributed by atoms with Gasteiger partial charge in [0.05, 0.1) is 5.69 Å². The van der Waals surface area contributed by atoms with Crippen LogP contribution in [0.5, 0.6) is 11.8 Å². The molecule has 0 saturated carbocycles. The van der Waals surface area contributed by atoms with Gasteiger partial charge in [0, 0.05) is 26.2 Å². The summed E-state index contributed by atoms with van der Waals surface area (Å²) in [4.78, 5) is 6.70. The van der Waals surface area contributed by atoms with E-state index < -0.39 is 12.0 Å². The number of rotatable bonds is 3. The van der Waals surface area contributed by atoms with Gasteiger partial charge < -0.3 is 10.1 Å². The molecular formula is C11H12F3N5O. The minimum atomic E-state index is -4.65. The summed E-state index contributed by atoms with van der Waals surface area (Å²) < 4.78 is 44.8. The molecular weight excluding hydrogens is 275 g/mol. The first-order valence-electron chi connectivity index (χ1n) is 5.62. The number of anilines is 1. The first-order chi connectivity index (χ1) is 9.29. The third-order valence-corrected chi connectivity index (χ3v) is 2.38. The summed E-state index contributed by atoms with van der Waals surface area (Å²) in [7, 11) is 3.08. The largest absolute Gasteiger partial charge is 0.451 e. The second kappa shape index (κ2) is 4.99. The van der Waals surface area contributed by atoms with E-state index in [2.05, 4.69) is 20.4 Å². The van der Waals surface area contributed by atoms with Crippen LogP contribution in [0.3, 0.4) is 0 Å². The fourth-order valence-corrected chi connectivity index (χ4v) is 1.52. The molecule has 2 aromatic heterocycles. The van der Waals surface area contributed by atoms with Crippen molar-refractivity contribution >= 4 is 5.82 Å². The summed E-state index contributed by atoms with van der Waals surface area (Å²) in [5, 5.41) is 6.56. The molecule has 20 heavy (non-hydrogen) atoms. The van der Waals surface area contributed by atoms with Crippen molar-refractivity contribution in [3.05, 3.63) is 23.7 Å². The van der Waals surface area contributed by atoms with Crippen molar-refractivity contribution in [3.8, 4) is 11.8 Å². The molecule has 0 amide bonds. The maximum atomic E-state index is 12.7. The van der Waals surface area contributed by atoms with Gasteiger partial charge in [-0.25, -0.2) is 9.67 Å². The third kappa shape index (κ3) is 2.98. The molecule has 108 valence electrons. The van der Waals surface area contributed by atoms with Crippen molar-refractivity contribution in [3.63, 3.8) is 0 Å². The monoisotopic (exact) mass is 287 g/mol. The molecule has 0 aliphatic heterocycles. The van der Waals surface area contributed by atoms with Gasteiger partial charge in [-0.2, -0.15) is 23.3 Å². The molecule has 0 atom stereocenters. The van der Waals surface area contributed by atoms with E-state index in [0.29, 0.717) is 5.69 Å². The predicted octanol–water partition coefficient (Wildman–Crippen LogP) is 2.37. The number of nitrogens with one attached hydrogen (secondary N) is 1. The Morgan fingerprint density at radius 3 is 2.45 bits per heavy atom. The van der Waals surface area contributed by atoms with E-state index in [1.165, 1.54) is 17.8 Å². The van der Waals surface area contributed by atoms with Crippen LogP contribution >= 0.6 is 0 Å². The van der Waals surface area contributed by atoms with Gasteiger partial charge in [0.15, 0.2) is 0 Å². The van der Waals surface area contributed by atoms with E-state index in [4.69, 9.17) is 4.74 Å². The lowest BCUT2D eigenvalue weighted by Gasteiger charge is -2.10. The lowest BCUT2D eigenvalue weighted by molar-refractivity contribution is -0.145. The van der Waals surface area contributed by atoms with Crippen LogP contribution in [0.25, 0.3) is 0 Å². The molecule has 2 aromatic rings. The quantitative estimate of drug-likeness (QED) is 0.939. The maximum Gasteiger partial charge on any atom is 0.451 e. The third-order valence-electron chi connectivity index (χ3n) is 2.38. The van der Waals surface area contributed by atoms with Gasteiger partial charge in [-0.3, -0.25) is 0 Å². The number of ether oxygens (including phenoxy) is 1. The second-order valence-corrected chi connectivity index (χ2v) is 4.01. The Morgan fingerprint density at radius 2 is 1.95 bits per heavy atom. The number of nitrogens with zero attached hydrogens (tertiary/aromatic N) is 4. The molecule has 0 fully saturated rings. The Morgan fingerprint density at radius 1 is 1.25 bits per heavy atom. The highest BCUT2D eigenvalue weighted by molar-refractivity contribution is 5.39. The molecule has 2 rings (SSSR count). The van der Waals surface area contributed by atoms with Gasteiger partial charge in [0.2, 0.25) is 17.6 Å². The highest BCUT2D eigenvalue weighted by atomic mass is 19.4. The molecule has 0 spiro atoms. The van der Waals surface area contributed by atoms with Gasteiger partial charge in [-0.05, 0) is 6.92 Å². The van der Waals surface area contributed by atoms with Crippen LogP contribution in [0.4, 0.5) is 19.0 Å². The van der Waals surface area contributed by atoms with Crippen molar-refractivity contribution in [2.45, 2.75) is 13.1 Å². The first-order valence-corrected chi connectivity index (χ1v) is 5.62. The SMILES string of the molecule is CNc1cc(Oc2cc(C)nn2C)nc(C(F)(F)F)n1. The van der Waals surface area contributed by atoms with Crippen molar-refractivity contribution in [1.29, 1.82) is 0 Å². The maximum absolute atomic E-state index is 12.7. The minimum absolute atomic E-state index is 0.0150. The number of aryl methyl sites for hydroxylation is 2. The van der Waals surface area contributed by atoms with E-state index in [1.54, 1.807) is 20.0 Å². The van der Waals surface area contributed by atoms with Crippen LogP contribution in [0.2, 0.25) is 0 Å². The molecule has 6 nitrogen and oxygen atoms in total. The van der Waals surface area contributed by atoms with Gasteiger partial charge in [-0.15, -0.1) is 0 Å². The Kier molecular flexibility index (Phi) is 3.51. The lowest BCUT2D eigenvalue weighted by atomic mass is 10.4. The number of alkyl halides is 3. The summed E-state index contributed by atoms with van der Waals surface area (Å²) in [6, 6.07) is 2.87. The highest BCUT2D eigenvalue weighted by Crippen LogP contribution is 2.30. The first kappa shape index (κ1) is 14.1. The molecule has 0 radical (unpaired) electrons. The predicted molar refractivity (Wildman–Crippen MR) is 64.6 cm³/mol. The standard InChI is InChI=1S/C11H12F3N5O/c1-6-4-9(19(3)18-6)20-8-5-7(15-2)16-10(17-8)11(12,13)14/h4-5H,1-3H3,(H,15,16,17). The average Bonchev–Trinajstić information content (AvgIpc) is 2.66. The summed E-state index contributed by atoms with van der Waals surface area (Å²) in [6.45, 7) is 1.74. The minimum Gasteiger partial charge on any atom is -0.421 e. The van der Waals surface area contributed by atoms with Crippen LogP contribution in [-0.4, -0.2) is 26.8 Å². The zero-order valence-electron chi connectivity index (χ0n) is 11.0. The van der Waals surface area contributed by atoms with E-state index >= 15 is 0 Å². The topological polar surface area (TPSA) is 64.9 Å². The van der Waals surface area contributed by atoms with Crippen LogP contribution in [0, 0.1) is 6.92 Å². The number of aromatic nitrogens is 4.